The molecular formula is C26H23ClN2O2S. The van der Waals surface area contributed by atoms with Gasteiger partial charge in [-0.05, 0) is 49.4 Å². The van der Waals surface area contributed by atoms with Crippen molar-refractivity contribution < 1.29 is 9.53 Å². The second-order valence-corrected chi connectivity index (χ2v) is 9.16. The first-order valence-electron chi connectivity index (χ1n) is 10.7. The molecule has 4 nitrogen and oxygen atoms in total. The highest BCUT2D eigenvalue weighted by Crippen LogP contribution is 2.35. The van der Waals surface area contributed by atoms with Crippen molar-refractivity contribution in [1.82, 2.24) is 4.98 Å². The van der Waals surface area contributed by atoms with Gasteiger partial charge in [0, 0.05) is 16.1 Å². The molecule has 0 unspecified atom stereocenters. The van der Waals surface area contributed by atoms with E-state index in [-0.39, 0.29) is 17.8 Å². The summed E-state index contributed by atoms with van der Waals surface area (Å²) in [6.45, 7) is 0. The van der Waals surface area contributed by atoms with Crippen LogP contribution >= 0.6 is 23.4 Å². The minimum absolute atomic E-state index is 0.0144. The molecule has 1 aliphatic rings. The Hall–Kier alpha value is -2.81. The molecule has 0 radical (unpaired) electrons. The molecule has 1 aliphatic carbocycles. The van der Waals surface area contributed by atoms with Crippen LogP contribution in [-0.2, 0) is 9.53 Å². The molecule has 0 aliphatic heterocycles. The molecule has 0 N–H and O–H groups in total. The SMILES string of the molecule is N#Cc1c(-c2ccc(Cl)cc2)cc(-c2ccccc2)nc1SCC(=O)OC1CCCCC1. The Bertz CT molecular complexity index is 1120. The molecule has 162 valence electrons. The maximum absolute atomic E-state index is 12.5. The highest BCUT2D eigenvalue weighted by Gasteiger charge is 2.20. The highest BCUT2D eigenvalue weighted by atomic mass is 35.5. The van der Waals surface area contributed by atoms with Gasteiger partial charge in [0.2, 0.25) is 0 Å². The van der Waals surface area contributed by atoms with Gasteiger partial charge in [0.05, 0.1) is 17.0 Å². The fourth-order valence-electron chi connectivity index (χ4n) is 3.88. The zero-order valence-electron chi connectivity index (χ0n) is 17.6. The maximum atomic E-state index is 12.5. The fourth-order valence-corrected chi connectivity index (χ4v) is 4.79. The number of halogens is 1. The molecule has 0 bridgehead atoms. The van der Waals surface area contributed by atoms with Gasteiger partial charge in [0.25, 0.3) is 0 Å². The molecule has 0 spiro atoms. The van der Waals surface area contributed by atoms with E-state index in [9.17, 15) is 10.1 Å². The maximum Gasteiger partial charge on any atom is 0.316 e. The third-order valence-corrected chi connectivity index (χ3v) is 6.70. The van der Waals surface area contributed by atoms with Crippen molar-refractivity contribution in [3.05, 3.63) is 71.2 Å². The topological polar surface area (TPSA) is 63.0 Å². The lowest BCUT2D eigenvalue weighted by Crippen LogP contribution is -2.22. The van der Waals surface area contributed by atoms with Crippen LogP contribution in [0.1, 0.15) is 37.7 Å². The highest BCUT2D eigenvalue weighted by molar-refractivity contribution is 7.99. The van der Waals surface area contributed by atoms with E-state index < -0.39 is 0 Å². The van der Waals surface area contributed by atoms with Crippen molar-refractivity contribution in [3.8, 4) is 28.5 Å². The lowest BCUT2D eigenvalue weighted by atomic mass is 9.98. The first-order chi connectivity index (χ1) is 15.6. The van der Waals surface area contributed by atoms with Crippen LogP contribution in [0.2, 0.25) is 5.02 Å². The predicted octanol–water partition coefficient (Wildman–Crippen LogP) is 6.91. The number of pyridine rings is 1. The normalized spacial score (nSPS) is 14.0. The number of esters is 1. The Balaban J connectivity index is 1.65. The van der Waals surface area contributed by atoms with Crippen LogP contribution < -0.4 is 0 Å². The van der Waals surface area contributed by atoms with E-state index in [1.807, 2.05) is 48.5 Å². The minimum Gasteiger partial charge on any atom is -0.462 e. The predicted molar refractivity (Wildman–Crippen MR) is 129 cm³/mol. The van der Waals surface area contributed by atoms with Crippen LogP contribution in [0.5, 0.6) is 0 Å². The van der Waals surface area contributed by atoms with Gasteiger partial charge in [0.15, 0.2) is 0 Å². The lowest BCUT2D eigenvalue weighted by molar-refractivity contribution is -0.147. The molecule has 4 rings (SSSR count). The number of benzene rings is 2. The molecule has 0 atom stereocenters. The standard InChI is InChI=1S/C26H23ClN2O2S/c27-20-13-11-18(12-14-20)22-15-24(19-7-3-1-4-8-19)29-26(23(22)16-28)32-17-25(30)31-21-9-5-2-6-10-21/h1,3-4,7-8,11-15,21H,2,5-6,9-10,17H2. The number of thioether (sulfide) groups is 1. The van der Waals surface area contributed by atoms with Crippen molar-refractivity contribution >= 4 is 29.3 Å². The van der Waals surface area contributed by atoms with Gasteiger partial charge in [-0.25, -0.2) is 4.98 Å². The summed E-state index contributed by atoms with van der Waals surface area (Å²) in [5, 5.41) is 11.1. The third-order valence-electron chi connectivity index (χ3n) is 5.50. The second-order valence-electron chi connectivity index (χ2n) is 7.76. The van der Waals surface area contributed by atoms with Crippen LogP contribution in [0.4, 0.5) is 0 Å². The van der Waals surface area contributed by atoms with Crippen LogP contribution in [0.3, 0.4) is 0 Å². The van der Waals surface area contributed by atoms with Crippen molar-refractivity contribution in [2.45, 2.75) is 43.2 Å². The molecule has 1 aromatic heterocycles. The molecule has 6 heteroatoms. The van der Waals surface area contributed by atoms with Gasteiger partial charge in [-0.3, -0.25) is 4.79 Å². The van der Waals surface area contributed by atoms with E-state index in [1.165, 1.54) is 18.2 Å². The monoisotopic (exact) mass is 462 g/mol. The molecule has 1 heterocycles. The summed E-state index contributed by atoms with van der Waals surface area (Å²) in [7, 11) is 0. The molecule has 32 heavy (non-hydrogen) atoms. The number of nitrogens with zero attached hydrogens (tertiary/aromatic N) is 2. The van der Waals surface area contributed by atoms with E-state index in [0.717, 1.165) is 48.1 Å². The van der Waals surface area contributed by atoms with E-state index in [0.29, 0.717) is 15.6 Å². The first kappa shape index (κ1) is 22.4. The van der Waals surface area contributed by atoms with Crippen LogP contribution in [0, 0.1) is 11.3 Å². The zero-order chi connectivity index (χ0) is 22.3. The van der Waals surface area contributed by atoms with Crippen molar-refractivity contribution in [3.63, 3.8) is 0 Å². The van der Waals surface area contributed by atoms with Gasteiger partial charge in [-0.1, -0.05) is 72.2 Å². The number of carbonyl (C=O) groups is 1. The van der Waals surface area contributed by atoms with Crippen LogP contribution in [0.25, 0.3) is 22.4 Å². The molecule has 3 aromatic rings. The number of ether oxygens (including phenoxy) is 1. The summed E-state index contributed by atoms with van der Waals surface area (Å²) in [5.41, 5.74) is 3.78. The molecule has 1 saturated carbocycles. The van der Waals surface area contributed by atoms with Crippen LogP contribution in [-0.4, -0.2) is 22.8 Å². The van der Waals surface area contributed by atoms with Crippen LogP contribution in [0.15, 0.2) is 65.7 Å². The summed E-state index contributed by atoms with van der Waals surface area (Å²) < 4.78 is 5.64. The molecule has 1 fully saturated rings. The van der Waals surface area contributed by atoms with Crippen molar-refractivity contribution in [2.75, 3.05) is 5.75 Å². The summed E-state index contributed by atoms with van der Waals surface area (Å²) >= 11 is 7.32. The quantitative estimate of drug-likeness (QED) is 0.294. The number of hydrogen-bond acceptors (Lipinski definition) is 5. The molecule has 0 amide bonds. The summed E-state index contributed by atoms with van der Waals surface area (Å²) in [6, 6.07) is 21.4. The third kappa shape index (κ3) is 5.51. The Labute approximate surface area is 197 Å². The van der Waals surface area contributed by atoms with E-state index in [1.54, 1.807) is 12.1 Å². The number of nitriles is 1. The average Bonchev–Trinajstić information content (AvgIpc) is 2.84. The number of rotatable bonds is 6. The molecular weight excluding hydrogens is 440 g/mol. The largest absolute Gasteiger partial charge is 0.462 e. The zero-order valence-corrected chi connectivity index (χ0v) is 19.2. The second kappa shape index (κ2) is 10.7. The van der Waals surface area contributed by atoms with Gasteiger partial charge in [0.1, 0.15) is 17.2 Å². The summed E-state index contributed by atoms with van der Waals surface area (Å²) in [6.07, 6.45) is 5.30. The van der Waals surface area contributed by atoms with E-state index in [2.05, 4.69) is 6.07 Å². The Morgan fingerprint density at radius 1 is 1.06 bits per heavy atom. The molecule has 0 saturated heterocycles. The van der Waals surface area contributed by atoms with Crippen molar-refractivity contribution in [1.29, 1.82) is 5.26 Å². The first-order valence-corrected chi connectivity index (χ1v) is 12.1. The summed E-state index contributed by atoms with van der Waals surface area (Å²) in [5.74, 6) is -0.137. The Kier molecular flexibility index (Phi) is 7.47. The van der Waals surface area contributed by atoms with Gasteiger partial charge in [-0.2, -0.15) is 5.26 Å². The van der Waals surface area contributed by atoms with E-state index in [4.69, 9.17) is 21.3 Å². The Morgan fingerprint density at radius 3 is 2.47 bits per heavy atom. The fraction of sp³-hybridized carbons (Fsp3) is 0.269. The molecule has 2 aromatic carbocycles. The average molecular weight is 463 g/mol. The van der Waals surface area contributed by atoms with Gasteiger partial charge in [-0.15, -0.1) is 0 Å². The lowest BCUT2D eigenvalue weighted by Gasteiger charge is -2.21. The van der Waals surface area contributed by atoms with Crippen molar-refractivity contribution in [2.24, 2.45) is 0 Å². The Morgan fingerprint density at radius 2 is 1.78 bits per heavy atom. The smallest absolute Gasteiger partial charge is 0.316 e. The number of carbonyl (C=O) groups excluding carboxylic acids is 1. The summed E-state index contributed by atoms with van der Waals surface area (Å²) in [4.78, 5) is 17.2. The number of aromatic nitrogens is 1. The van der Waals surface area contributed by atoms with E-state index >= 15 is 0 Å². The number of hydrogen-bond donors (Lipinski definition) is 0. The van der Waals surface area contributed by atoms with Gasteiger partial charge < -0.3 is 4.74 Å². The minimum atomic E-state index is -0.259. The van der Waals surface area contributed by atoms with Gasteiger partial charge >= 0.3 is 5.97 Å².